The minimum atomic E-state index is 0.0345. The normalized spacial score (nSPS) is 17.6. The van der Waals surface area contributed by atoms with Crippen molar-refractivity contribution in [3.05, 3.63) is 22.8 Å². The summed E-state index contributed by atoms with van der Waals surface area (Å²) >= 11 is 7.95. The Kier molecular flexibility index (Phi) is 5.38. The zero-order valence-corrected chi connectivity index (χ0v) is 14.4. The van der Waals surface area contributed by atoms with Crippen molar-refractivity contribution in [1.29, 1.82) is 0 Å². The summed E-state index contributed by atoms with van der Waals surface area (Å²) in [6, 6.07) is 3.44. The van der Waals surface area contributed by atoms with Crippen LogP contribution in [0.5, 0.6) is 0 Å². The van der Waals surface area contributed by atoms with E-state index in [0.29, 0.717) is 16.5 Å². The number of rotatable bonds is 4. The average molecular weight is 328 g/mol. The van der Waals surface area contributed by atoms with Crippen LogP contribution in [0.25, 0.3) is 0 Å². The molecule has 0 aromatic carbocycles. The van der Waals surface area contributed by atoms with E-state index >= 15 is 0 Å². The summed E-state index contributed by atoms with van der Waals surface area (Å²) in [5.74, 6) is 1.67. The van der Waals surface area contributed by atoms with Gasteiger partial charge in [-0.3, -0.25) is 4.79 Å². The first-order chi connectivity index (χ1) is 9.91. The van der Waals surface area contributed by atoms with E-state index in [2.05, 4.69) is 31.1 Å². The highest BCUT2D eigenvalue weighted by Crippen LogP contribution is 2.30. The molecular formula is C15H22ClN3OS. The summed E-state index contributed by atoms with van der Waals surface area (Å²) < 4.78 is 0.105. The van der Waals surface area contributed by atoms with Crippen LogP contribution < -0.4 is 5.32 Å². The van der Waals surface area contributed by atoms with Crippen LogP contribution >= 0.6 is 23.4 Å². The zero-order chi connectivity index (χ0) is 15.5. The molecule has 0 radical (unpaired) electrons. The fraction of sp³-hybridized carbons (Fsp3) is 0.600. The summed E-state index contributed by atoms with van der Waals surface area (Å²) in [5, 5.41) is 3.53. The van der Waals surface area contributed by atoms with Crippen LogP contribution in [-0.4, -0.2) is 45.9 Å². The van der Waals surface area contributed by atoms with Gasteiger partial charge in [0.15, 0.2) is 0 Å². The number of anilines is 1. The molecule has 2 rings (SSSR count). The van der Waals surface area contributed by atoms with E-state index in [1.165, 1.54) is 0 Å². The van der Waals surface area contributed by atoms with Gasteiger partial charge >= 0.3 is 0 Å². The van der Waals surface area contributed by atoms with E-state index in [-0.39, 0.29) is 10.7 Å². The van der Waals surface area contributed by atoms with Crippen molar-refractivity contribution in [2.24, 2.45) is 0 Å². The third kappa shape index (κ3) is 4.51. The van der Waals surface area contributed by atoms with E-state index < -0.39 is 0 Å². The van der Waals surface area contributed by atoms with E-state index in [1.807, 2.05) is 16.7 Å². The van der Waals surface area contributed by atoms with E-state index in [1.54, 1.807) is 12.1 Å². The van der Waals surface area contributed by atoms with Crippen LogP contribution in [-0.2, 0) is 0 Å². The van der Waals surface area contributed by atoms with Gasteiger partial charge in [-0.25, -0.2) is 4.98 Å². The predicted octanol–water partition coefficient (Wildman–Crippen LogP) is 3.52. The van der Waals surface area contributed by atoms with Crippen LogP contribution in [0.2, 0.25) is 5.15 Å². The second-order valence-corrected chi connectivity index (χ2v) is 8.01. The number of nitrogens with one attached hydrogen (secondary N) is 1. The number of aromatic nitrogens is 1. The van der Waals surface area contributed by atoms with Crippen LogP contribution in [0.1, 0.15) is 37.6 Å². The molecule has 0 saturated carbocycles. The molecule has 6 heteroatoms. The van der Waals surface area contributed by atoms with Crippen LogP contribution in [0.15, 0.2) is 12.1 Å². The largest absolute Gasteiger partial charge is 0.370 e. The van der Waals surface area contributed by atoms with Crippen molar-refractivity contribution in [3.63, 3.8) is 0 Å². The Bertz CT molecular complexity index is 522. The molecule has 0 atom stereocenters. The maximum Gasteiger partial charge on any atom is 0.254 e. The van der Waals surface area contributed by atoms with Gasteiger partial charge in [0, 0.05) is 35.7 Å². The number of pyridine rings is 1. The molecule has 1 amide bonds. The highest BCUT2D eigenvalue weighted by molar-refractivity contribution is 8.00. The lowest BCUT2D eigenvalue weighted by Crippen LogP contribution is -2.46. The second-order valence-electron chi connectivity index (χ2n) is 5.83. The molecular weight excluding hydrogens is 306 g/mol. The molecule has 4 nitrogen and oxygen atoms in total. The Morgan fingerprint density at radius 1 is 1.52 bits per heavy atom. The summed E-state index contributed by atoms with van der Waals surface area (Å²) in [6.07, 6.45) is 0.995. The van der Waals surface area contributed by atoms with Gasteiger partial charge in [-0.1, -0.05) is 18.5 Å². The quantitative estimate of drug-likeness (QED) is 0.859. The summed E-state index contributed by atoms with van der Waals surface area (Å²) in [7, 11) is 0. The summed E-state index contributed by atoms with van der Waals surface area (Å²) in [4.78, 5) is 18.8. The molecule has 116 valence electrons. The molecule has 1 aliphatic rings. The highest BCUT2D eigenvalue weighted by Gasteiger charge is 2.30. The molecule has 21 heavy (non-hydrogen) atoms. The fourth-order valence-electron chi connectivity index (χ4n) is 2.34. The van der Waals surface area contributed by atoms with Crippen molar-refractivity contribution in [2.75, 3.05) is 30.7 Å². The third-order valence-electron chi connectivity index (χ3n) is 3.31. The molecule has 1 aromatic rings. The first-order valence-corrected chi connectivity index (χ1v) is 8.62. The maximum absolute atomic E-state index is 12.7. The minimum Gasteiger partial charge on any atom is -0.370 e. The molecule has 0 aliphatic carbocycles. The molecule has 0 bridgehead atoms. The Balaban J connectivity index is 2.16. The monoisotopic (exact) mass is 327 g/mol. The predicted molar refractivity (Wildman–Crippen MR) is 90.5 cm³/mol. The molecule has 1 fully saturated rings. The lowest BCUT2D eigenvalue weighted by Gasteiger charge is -2.37. The van der Waals surface area contributed by atoms with Gasteiger partial charge in [-0.05, 0) is 32.4 Å². The number of hydrogen-bond donors (Lipinski definition) is 1. The smallest absolute Gasteiger partial charge is 0.254 e. The standard InChI is InChI=1S/C15H22ClN3OS/c1-4-5-17-13-9-11(8-12(16)18-13)14(20)19-6-7-21-15(2,3)10-19/h8-9H,4-7,10H2,1-3H3,(H,17,18). The van der Waals surface area contributed by atoms with Crippen LogP contribution in [0.3, 0.4) is 0 Å². The van der Waals surface area contributed by atoms with Gasteiger partial charge in [0.05, 0.1) is 0 Å². The lowest BCUT2D eigenvalue weighted by molar-refractivity contribution is 0.0748. The molecule has 1 N–H and O–H groups in total. The van der Waals surface area contributed by atoms with Crippen molar-refractivity contribution in [2.45, 2.75) is 31.9 Å². The van der Waals surface area contributed by atoms with Gasteiger partial charge in [0.2, 0.25) is 0 Å². The Hall–Kier alpha value is -0.940. The van der Waals surface area contributed by atoms with E-state index in [4.69, 9.17) is 11.6 Å². The van der Waals surface area contributed by atoms with Crippen molar-refractivity contribution in [3.8, 4) is 0 Å². The molecule has 0 unspecified atom stereocenters. The maximum atomic E-state index is 12.7. The fourth-order valence-corrected chi connectivity index (χ4v) is 3.66. The van der Waals surface area contributed by atoms with Crippen molar-refractivity contribution in [1.82, 2.24) is 9.88 Å². The highest BCUT2D eigenvalue weighted by atomic mass is 35.5. The van der Waals surface area contributed by atoms with E-state index in [0.717, 1.165) is 31.8 Å². The number of thioether (sulfide) groups is 1. The summed E-state index contributed by atoms with van der Waals surface area (Å²) in [6.45, 7) is 8.78. The molecule has 2 heterocycles. The van der Waals surface area contributed by atoms with Crippen LogP contribution in [0, 0.1) is 0 Å². The van der Waals surface area contributed by atoms with E-state index in [9.17, 15) is 4.79 Å². The first-order valence-electron chi connectivity index (χ1n) is 7.26. The zero-order valence-electron chi connectivity index (χ0n) is 12.8. The topological polar surface area (TPSA) is 45.2 Å². The summed E-state index contributed by atoms with van der Waals surface area (Å²) in [5.41, 5.74) is 0.608. The molecule has 1 aliphatic heterocycles. The molecule has 1 saturated heterocycles. The van der Waals surface area contributed by atoms with Gasteiger partial charge < -0.3 is 10.2 Å². The third-order valence-corrected chi connectivity index (χ3v) is 4.80. The van der Waals surface area contributed by atoms with Gasteiger partial charge in [0.1, 0.15) is 11.0 Å². The van der Waals surface area contributed by atoms with Crippen molar-refractivity contribution < 1.29 is 4.79 Å². The van der Waals surface area contributed by atoms with Crippen molar-refractivity contribution >= 4 is 35.1 Å². The van der Waals surface area contributed by atoms with Crippen LogP contribution in [0.4, 0.5) is 5.82 Å². The number of halogens is 1. The Morgan fingerprint density at radius 2 is 2.29 bits per heavy atom. The number of carbonyl (C=O) groups is 1. The second kappa shape index (κ2) is 6.88. The van der Waals surface area contributed by atoms with Gasteiger partial charge in [0.25, 0.3) is 5.91 Å². The molecule has 0 spiro atoms. The van der Waals surface area contributed by atoms with Gasteiger partial charge in [-0.15, -0.1) is 0 Å². The first kappa shape index (κ1) is 16.4. The van der Waals surface area contributed by atoms with Gasteiger partial charge in [-0.2, -0.15) is 11.8 Å². The number of carbonyl (C=O) groups excluding carboxylic acids is 1. The SMILES string of the molecule is CCCNc1cc(C(=O)N2CCSC(C)(C)C2)cc(Cl)n1. The Labute approximate surface area is 135 Å². The molecule has 1 aromatic heterocycles. The minimum absolute atomic E-state index is 0.0345. The Morgan fingerprint density at radius 3 is 2.95 bits per heavy atom. The number of amides is 1. The number of nitrogens with zero attached hydrogens (tertiary/aromatic N) is 2. The lowest BCUT2D eigenvalue weighted by atomic mass is 10.1. The number of hydrogen-bond acceptors (Lipinski definition) is 4. The average Bonchev–Trinajstić information content (AvgIpc) is 2.42.